The highest BCUT2D eigenvalue weighted by Gasteiger charge is 2.30. The number of carbonyl (C=O) groups is 1. The molecule has 0 spiro atoms. The predicted molar refractivity (Wildman–Crippen MR) is 58.9 cm³/mol. The number of imidazole rings is 1. The molecule has 0 saturated carbocycles. The Hall–Kier alpha value is -1.14. The summed E-state index contributed by atoms with van der Waals surface area (Å²) < 4.78 is 0.936. The van der Waals surface area contributed by atoms with E-state index >= 15 is 0 Å². The average Bonchev–Trinajstić information content (AvgIpc) is 2.48. The van der Waals surface area contributed by atoms with Gasteiger partial charge in [0.05, 0.1) is 19.8 Å². The van der Waals surface area contributed by atoms with Crippen molar-refractivity contribution >= 4 is 18.2 Å². The highest BCUT2D eigenvalue weighted by molar-refractivity contribution is 7.71. The zero-order valence-electron chi connectivity index (χ0n) is 9.07. The van der Waals surface area contributed by atoms with E-state index in [1.54, 1.807) is 13.1 Å². The minimum atomic E-state index is -0.797. The van der Waals surface area contributed by atoms with Gasteiger partial charge in [0.1, 0.15) is 6.54 Å². The predicted octanol–water partition coefficient (Wildman–Crippen LogP) is 1.12. The van der Waals surface area contributed by atoms with Crippen molar-refractivity contribution in [3.63, 3.8) is 0 Å². The number of quaternary nitrogens is 1. The van der Waals surface area contributed by atoms with Crippen LogP contribution in [0.5, 0.6) is 0 Å². The van der Waals surface area contributed by atoms with Crippen molar-refractivity contribution in [1.29, 1.82) is 0 Å². The molecule has 15 heavy (non-hydrogen) atoms. The second-order valence-corrected chi connectivity index (χ2v) is 4.63. The van der Waals surface area contributed by atoms with Gasteiger partial charge in [-0.25, -0.2) is 4.79 Å². The number of H-pyrrole nitrogens is 2. The lowest BCUT2D eigenvalue weighted by Crippen LogP contribution is -2.50. The van der Waals surface area contributed by atoms with Crippen LogP contribution in [-0.2, 0) is 11.3 Å². The Bertz CT molecular complexity index is 407. The summed E-state index contributed by atoms with van der Waals surface area (Å²) in [7, 11) is 3.76. The van der Waals surface area contributed by atoms with Gasteiger partial charge in [-0.2, -0.15) is 0 Å². The molecule has 0 aliphatic rings. The monoisotopic (exact) mass is 230 g/mol. The summed E-state index contributed by atoms with van der Waals surface area (Å²) in [5, 5.41) is 8.95. The molecule has 0 radical (unpaired) electrons. The summed E-state index contributed by atoms with van der Waals surface area (Å²) in [6, 6.07) is -0.457. The van der Waals surface area contributed by atoms with E-state index in [0.29, 0.717) is 15.8 Å². The van der Waals surface area contributed by atoms with Gasteiger partial charge in [0, 0.05) is 6.20 Å². The van der Waals surface area contributed by atoms with E-state index in [-0.39, 0.29) is 0 Å². The van der Waals surface area contributed by atoms with Gasteiger partial charge in [-0.1, -0.05) is 0 Å². The molecule has 1 atom stereocenters. The number of carboxylic acid groups (broad SMARTS) is 1. The fourth-order valence-electron chi connectivity index (χ4n) is 1.33. The molecule has 0 bridgehead atoms. The lowest BCUT2D eigenvalue weighted by molar-refractivity contribution is -0.918. The van der Waals surface area contributed by atoms with Crippen molar-refractivity contribution in [3.05, 3.63) is 16.7 Å². The van der Waals surface area contributed by atoms with Gasteiger partial charge >= 0.3 is 5.97 Å². The number of nitrogens with one attached hydrogen (secondary N) is 2. The molecule has 84 valence electrons. The molecular formula is C9H16N3O2S+. The van der Waals surface area contributed by atoms with E-state index < -0.39 is 12.0 Å². The fraction of sp³-hybridized carbons (Fsp3) is 0.556. The summed E-state index contributed by atoms with van der Waals surface area (Å²) in [4.78, 5) is 16.7. The Labute approximate surface area is 93.3 Å². The lowest BCUT2D eigenvalue weighted by Gasteiger charge is -2.32. The third kappa shape index (κ3) is 2.90. The Kier molecular flexibility index (Phi) is 3.31. The van der Waals surface area contributed by atoms with Crippen LogP contribution in [0.25, 0.3) is 0 Å². The number of rotatable bonds is 4. The SMILES string of the molecule is C[C@H](C(=O)O)[N+](C)(C)Cc1c[nH]c(=S)[nH]1. The highest BCUT2D eigenvalue weighted by atomic mass is 32.1. The topological polar surface area (TPSA) is 68.9 Å². The van der Waals surface area contributed by atoms with Crippen LogP contribution in [0.1, 0.15) is 12.6 Å². The van der Waals surface area contributed by atoms with Crippen molar-refractivity contribution < 1.29 is 14.4 Å². The molecule has 1 heterocycles. The smallest absolute Gasteiger partial charge is 0.362 e. The standard InChI is InChI=1S/C9H15N3O2S/c1-6(8(13)14)12(2,3)5-7-4-10-9(15)11-7/h4,6H,5H2,1-3H3,(H2-,10,11,13,14,15)/p+1/t6-/m1/s1. The number of hydrogen-bond donors (Lipinski definition) is 3. The zero-order valence-corrected chi connectivity index (χ0v) is 9.89. The molecule has 0 amide bonds. The third-order valence-corrected chi connectivity index (χ3v) is 2.86. The summed E-state index contributed by atoms with van der Waals surface area (Å²) in [5.41, 5.74) is 0.915. The van der Waals surface area contributed by atoms with E-state index in [1.807, 2.05) is 14.1 Å². The van der Waals surface area contributed by atoms with Gasteiger partial charge in [-0.15, -0.1) is 0 Å². The number of aliphatic carboxylic acids is 1. The molecule has 1 aromatic heterocycles. The maximum atomic E-state index is 10.9. The molecule has 0 aliphatic carbocycles. The quantitative estimate of drug-likeness (QED) is 0.536. The van der Waals surface area contributed by atoms with Gasteiger partial charge in [0.15, 0.2) is 10.8 Å². The number of aromatic amines is 2. The van der Waals surface area contributed by atoms with Gasteiger partial charge in [-0.3, -0.25) is 0 Å². The van der Waals surface area contributed by atoms with Crippen LogP contribution in [0.3, 0.4) is 0 Å². The molecular weight excluding hydrogens is 214 g/mol. The molecule has 5 nitrogen and oxygen atoms in total. The maximum Gasteiger partial charge on any atom is 0.362 e. The van der Waals surface area contributed by atoms with Gasteiger partial charge in [-0.05, 0) is 19.1 Å². The second-order valence-electron chi connectivity index (χ2n) is 4.22. The number of carboxylic acids is 1. The Balaban J connectivity index is 2.80. The number of likely N-dealkylation sites (N-methyl/N-ethyl adjacent to an activating group) is 1. The minimum Gasteiger partial charge on any atom is -0.477 e. The van der Waals surface area contributed by atoms with Crippen LogP contribution < -0.4 is 0 Å². The Morgan fingerprint density at radius 2 is 2.27 bits per heavy atom. The minimum absolute atomic E-state index is 0.373. The van der Waals surface area contributed by atoms with E-state index in [4.69, 9.17) is 17.3 Å². The average molecular weight is 230 g/mol. The van der Waals surface area contributed by atoms with E-state index in [1.165, 1.54) is 0 Å². The molecule has 3 N–H and O–H groups in total. The first-order valence-corrected chi connectivity index (χ1v) is 5.06. The fourth-order valence-corrected chi connectivity index (χ4v) is 1.52. The first kappa shape index (κ1) is 11.9. The van der Waals surface area contributed by atoms with Crippen LogP contribution in [0.4, 0.5) is 0 Å². The van der Waals surface area contributed by atoms with Crippen molar-refractivity contribution in [2.75, 3.05) is 14.1 Å². The van der Waals surface area contributed by atoms with Gasteiger partial charge in [0.25, 0.3) is 0 Å². The number of aromatic nitrogens is 2. The van der Waals surface area contributed by atoms with Crippen molar-refractivity contribution in [2.45, 2.75) is 19.5 Å². The molecule has 0 saturated heterocycles. The van der Waals surface area contributed by atoms with Crippen molar-refractivity contribution in [1.82, 2.24) is 9.97 Å². The molecule has 0 aromatic carbocycles. The largest absolute Gasteiger partial charge is 0.477 e. The van der Waals surface area contributed by atoms with E-state index in [2.05, 4.69) is 9.97 Å². The van der Waals surface area contributed by atoms with Crippen LogP contribution in [0.2, 0.25) is 0 Å². The number of nitrogens with zero attached hydrogens (tertiary/aromatic N) is 1. The Morgan fingerprint density at radius 3 is 2.67 bits per heavy atom. The molecule has 6 heteroatoms. The van der Waals surface area contributed by atoms with Crippen LogP contribution in [0, 0.1) is 4.77 Å². The molecule has 0 unspecified atom stereocenters. The van der Waals surface area contributed by atoms with Crippen LogP contribution in [0.15, 0.2) is 6.20 Å². The number of hydrogen-bond acceptors (Lipinski definition) is 2. The molecule has 0 aliphatic heterocycles. The van der Waals surface area contributed by atoms with E-state index in [9.17, 15) is 4.79 Å². The van der Waals surface area contributed by atoms with Crippen LogP contribution >= 0.6 is 12.2 Å². The summed E-state index contributed by atoms with van der Waals surface area (Å²) >= 11 is 4.90. The zero-order chi connectivity index (χ0) is 11.6. The van der Waals surface area contributed by atoms with Crippen LogP contribution in [-0.4, -0.2) is 45.7 Å². The van der Waals surface area contributed by atoms with Gasteiger partial charge < -0.3 is 19.6 Å². The first-order valence-electron chi connectivity index (χ1n) is 4.65. The van der Waals surface area contributed by atoms with E-state index in [0.717, 1.165) is 5.69 Å². The normalized spacial score (nSPS) is 13.8. The summed E-state index contributed by atoms with van der Waals surface area (Å²) in [6.07, 6.45) is 1.77. The highest BCUT2D eigenvalue weighted by Crippen LogP contribution is 2.12. The summed E-state index contributed by atoms with van der Waals surface area (Å²) in [5.74, 6) is -0.797. The molecule has 1 rings (SSSR count). The third-order valence-electron chi connectivity index (χ3n) is 2.64. The first-order chi connectivity index (χ1) is 6.83. The molecule has 1 aromatic rings. The van der Waals surface area contributed by atoms with Crippen molar-refractivity contribution in [2.24, 2.45) is 0 Å². The Morgan fingerprint density at radius 1 is 1.67 bits per heavy atom. The second kappa shape index (κ2) is 4.16. The van der Waals surface area contributed by atoms with Gasteiger partial charge in [0.2, 0.25) is 0 Å². The lowest BCUT2D eigenvalue weighted by atomic mass is 10.2. The summed E-state index contributed by atoms with van der Waals surface area (Å²) in [6.45, 7) is 2.30. The molecule has 0 fully saturated rings. The van der Waals surface area contributed by atoms with Crippen molar-refractivity contribution in [3.8, 4) is 0 Å². The maximum absolute atomic E-state index is 10.9.